The number of carbonyl (C=O) groups excluding carboxylic acids is 4. The van der Waals surface area contributed by atoms with Crippen LogP contribution in [0.5, 0.6) is 0 Å². The van der Waals surface area contributed by atoms with Gasteiger partial charge in [0.1, 0.15) is 6.54 Å². The van der Waals surface area contributed by atoms with Gasteiger partial charge in [0.05, 0.1) is 0 Å². The Labute approximate surface area is 159 Å². The third kappa shape index (κ3) is 4.78. The number of amides is 4. The smallest absolute Gasteiger partial charge is 0.325 e. The minimum Gasteiger partial charge on any atom is -0.454 e. The number of ether oxygens (including phenoxy) is 1. The van der Waals surface area contributed by atoms with E-state index in [0.717, 1.165) is 25.7 Å². The quantitative estimate of drug-likeness (QED) is 0.573. The second-order valence-corrected chi connectivity index (χ2v) is 8.35. The molecule has 0 unspecified atom stereocenters. The van der Waals surface area contributed by atoms with E-state index in [0.29, 0.717) is 24.3 Å². The van der Waals surface area contributed by atoms with E-state index in [1.54, 1.807) is 0 Å². The topological polar surface area (TPSA) is 114 Å². The maximum atomic E-state index is 12.7. The molecule has 0 radical (unpaired) electrons. The van der Waals surface area contributed by atoms with Crippen molar-refractivity contribution < 1.29 is 23.9 Å². The van der Waals surface area contributed by atoms with Gasteiger partial charge >= 0.3 is 12.0 Å². The SMILES string of the molecule is CCCNC(=O)NC(=O)COC(=O)CNC(=O)C12CC3CC(CC(C3)C1)C2. The number of carbonyl (C=O) groups is 4. The van der Waals surface area contributed by atoms with Crippen LogP contribution in [0.1, 0.15) is 51.9 Å². The van der Waals surface area contributed by atoms with Crippen molar-refractivity contribution in [3.8, 4) is 0 Å². The van der Waals surface area contributed by atoms with Crippen molar-refractivity contribution in [3.63, 3.8) is 0 Å². The molecule has 0 aliphatic heterocycles. The lowest BCUT2D eigenvalue weighted by atomic mass is 9.49. The third-order valence-corrected chi connectivity index (χ3v) is 6.07. The maximum absolute atomic E-state index is 12.7. The Morgan fingerprint density at radius 3 is 2.11 bits per heavy atom. The molecule has 0 atom stereocenters. The van der Waals surface area contributed by atoms with E-state index >= 15 is 0 Å². The lowest BCUT2D eigenvalue weighted by Gasteiger charge is -2.55. The van der Waals surface area contributed by atoms with Gasteiger partial charge in [0, 0.05) is 12.0 Å². The highest BCUT2D eigenvalue weighted by Gasteiger charge is 2.54. The monoisotopic (exact) mass is 379 g/mol. The van der Waals surface area contributed by atoms with Crippen molar-refractivity contribution in [2.45, 2.75) is 51.9 Å². The number of urea groups is 1. The normalized spacial score (nSPS) is 30.5. The third-order valence-electron chi connectivity index (χ3n) is 6.07. The Kier molecular flexibility index (Phi) is 6.01. The van der Waals surface area contributed by atoms with Gasteiger partial charge in [-0.15, -0.1) is 0 Å². The molecule has 8 heteroatoms. The lowest BCUT2D eigenvalue weighted by molar-refractivity contribution is -0.152. The predicted molar refractivity (Wildman–Crippen MR) is 96.4 cm³/mol. The molecule has 0 aromatic rings. The highest BCUT2D eigenvalue weighted by molar-refractivity contribution is 5.95. The first kappa shape index (κ1) is 19.6. The number of rotatable bonds is 7. The molecule has 4 aliphatic carbocycles. The van der Waals surface area contributed by atoms with Crippen LogP contribution in [-0.2, 0) is 19.1 Å². The number of imide groups is 1. The molecular weight excluding hydrogens is 350 g/mol. The Morgan fingerprint density at radius 2 is 1.56 bits per heavy atom. The zero-order valence-corrected chi connectivity index (χ0v) is 15.8. The van der Waals surface area contributed by atoms with Gasteiger partial charge in [0.25, 0.3) is 5.91 Å². The summed E-state index contributed by atoms with van der Waals surface area (Å²) in [6, 6.07) is -0.618. The van der Waals surface area contributed by atoms with Crippen LogP contribution in [0.25, 0.3) is 0 Å². The average Bonchev–Trinajstić information content (AvgIpc) is 2.61. The molecule has 4 rings (SSSR count). The molecule has 0 spiro atoms. The molecule has 0 saturated heterocycles. The van der Waals surface area contributed by atoms with Gasteiger partial charge in [-0.05, 0) is 62.7 Å². The minimum absolute atomic E-state index is 0.0538. The second kappa shape index (κ2) is 8.27. The van der Waals surface area contributed by atoms with E-state index in [9.17, 15) is 19.2 Å². The van der Waals surface area contributed by atoms with Crippen molar-refractivity contribution in [1.82, 2.24) is 16.0 Å². The summed E-state index contributed by atoms with van der Waals surface area (Å²) in [6.07, 6.45) is 7.26. The Balaban J connectivity index is 1.37. The zero-order valence-electron chi connectivity index (χ0n) is 15.8. The van der Waals surface area contributed by atoms with Gasteiger partial charge < -0.3 is 15.4 Å². The molecule has 4 saturated carbocycles. The first-order valence-corrected chi connectivity index (χ1v) is 9.92. The van der Waals surface area contributed by atoms with Gasteiger partial charge in [-0.2, -0.15) is 0 Å². The first-order valence-electron chi connectivity index (χ1n) is 9.92. The van der Waals surface area contributed by atoms with Crippen molar-refractivity contribution in [2.24, 2.45) is 23.2 Å². The molecule has 4 bridgehead atoms. The largest absolute Gasteiger partial charge is 0.454 e. The van der Waals surface area contributed by atoms with Gasteiger partial charge in [-0.1, -0.05) is 6.92 Å². The average molecular weight is 379 g/mol. The molecule has 27 heavy (non-hydrogen) atoms. The summed E-state index contributed by atoms with van der Waals surface area (Å²) in [6.45, 7) is 1.54. The molecule has 4 amide bonds. The van der Waals surface area contributed by atoms with Gasteiger partial charge in [0.15, 0.2) is 6.61 Å². The van der Waals surface area contributed by atoms with Gasteiger partial charge in [-0.3, -0.25) is 19.7 Å². The van der Waals surface area contributed by atoms with E-state index in [-0.39, 0.29) is 17.9 Å². The number of hydrogen-bond acceptors (Lipinski definition) is 5. The molecule has 0 heterocycles. The van der Waals surface area contributed by atoms with Crippen LogP contribution in [0.15, 0.2) is 0 Å². The van der Waals surface area contributed by atoms with Gasteiger partial charge in [-0.25, -0.2) is 4.79 Å². The fraction of sp³-hybridized carbons (Fsp3) is 0.789. The summed E-state index contributed by atoms with van der Waals surface area (Å²) in [4.78, 5) is 47.4. The highest BCUT2D eigenvalue weighted by atomic mass is 16.5. The van der Waals surface area contributed by atoms with Crippen molar-refractivity contribution >= 4 is 23.8 Å². The number of nitrogens with one attached hydrogen (secondary N) is 3. The van der Waals surface area contributed by atoms with Crippen LogP contribution in [0, 0.1) is 23.2 Å². The Bertz CT molecular complexity index is 583. The van der Waals surface area contributed by atoms with Crippen LogP contribution in [0.4, 0.5) is 4.79 Å². The summed E-state index contributed by atoms with van der Waals surface area (Å²) >= 11 is 0. The highest BCUT2D eigenvalue weighted by Crippen LogP contribution is 2.60. The van der Waals surface area contributed by atoms with Crippen LogP contribution < -0.4 is 16.0 Å². The van der Waals surface area contributed by atoms with Crippen LogP contribution in [0.3, 0.4) is 0 Å². The summed E-state index contributed by atoms with van der Waals surface area (Å²) < 4.78 is 4.83. The Hall–Kier alpha value is -2.12. The summed E-state index contributed by atoms with van der Waals surface area (Å²) in [5.41, 5.74) is -0.316. The van der Waals surface area contributed by atoms with Crippen LogP contribution in [-0.4, -0.2) is 43.5 Å². The van der Waals surface area contributed by atoms with Crippen molar-refractivity contribution in [1.29, 1.82) is 0 Å². The van der Waals surface area contributed by atoms with E-state index in [4.69, 9.17) is 4.74 Å². The zero-order chi connectivity index (χ0) is 19.4. The summed E-state index contributed by atoms with van der Waals surface area (Å²) in [7, 11) is 0. The second-order valence-electron chi connectivity index (χ2n) is 8.35. The molecule has 3 N–H and O–H groups in total. The van der Waals surface area contributed by atoms with E-state index in [1.165, 1.54) is 19.3 Å². The van der Waals surface area contributed by atoms with Gasteiger partial charge in [0.2, 0.25) is 5.91 Å². The summed E-state index contributed by atoms with van der Waals surface area (Å²) in [5, 5.41) is 7.26. The predicted octanol–water partition coefficient (Wildman–Crippen LogP) is 1.10. The summed E-state index contributed by atoms with van der Waals surface area (Å²) in [5.74, 6) is 0.507. The van der Waals surface area contributed by atoms with E-state index in [2.05, 4.69) is 16.0 Å². The van der Waals surface area contributed by atoms with E-state index < -0.39 is 24.5 Å². The lowest BCUT2D eigenvalue weighted by Crippen LogP contribution is -2.54. The standard InChI is InChI=1S/C19H29N3O5/c1-2-3-20-18(26)22-15(23)11-27-16(24)10-21-17(25)19-7-12-4-13(8-19)6-14(5-12)9-19/h12-14H,2-11H2,1H3,(H,21,25)(H2,20,22,23,26). The fourth-order valence-electron chi connectivity index (χ4n) is 5.37. The molecule has 0 aromatic carbocycles. The molecule has 0 aromatic heterocycles. The van der Waals surface area contributed by atoms with Crippen molar-refractivity contribution in [2.75, 3.05) is 19.7 Å². The number of hydrogen-bond donors (Lipinski definition) is 3. The molecular formula is C19H29N3O5. The van der Waals surface area contributed by atoms with Crippen LogP contribution in [0.2, 0.25) is 0 Å². The minimum atomic E-state index is -0.704. The van der Waals surface area contributed by atoms with E-state index in [1.807, 2.05) is 6.92 Å². The van der Waals surface area contributed by atoms with Crippen molar-refractivity contribution in [3.05, 3.63) is 0 Å². The number of esters is 1. The molecule has 4 aliphatic rings. The molecule has 8 nitrogen and oxygen atoms in total. The molecule has 150 valence electrons. The molecule has 4 fully saturated rings. The fourth-order valence-corrected chi connectivity index (χ4v) is 5.37. The Morgan fingerprint density at radius 1 is 0.963 bits per heavy atom. The maximum Gasteiger partial charge on any atom is 0.325 e. The first-order chi connectivity index (χ1) is 12.9. The van der Waals surface area contributed by atoms with Crippen LogP contribution >= 0.6 is 0 Å².